The fourth-order valence-corrected chi connectivity index (χ4v) is 3.31. The summed E-state index contributed by atoms with van der Waals surface area (Å²) in [6.45, 7) is 1.04. The van der Waals surface area contributed by atoms with Gasteiger partial charge < -0.3 is 26.8 Å². The third-order valence-corrected chi connectivity index (χ3v) is 5.03. The molecule has 1 saturated heterocycles. The van der Waals surface area contributed by atoms with E-state index in [-0.39, 0.29) is 23.1 Å². The van der Waals surface area contributed by atoms with Crippen LogP contribution in [0.5, 0.6) is 0 Å². The molecule has 160 valence electrons. The van der Waals surface area contributed by atoms with Crippen molar-refractivity contribution in [1.82, 2.24) is 9.97 Å². The molecule has 9 nitrogen and oxygen atoms in total. The Morgan fingerprint density at radius 3 is 2.65 bits per heavy atom. The van der Waals surface area contributed by atoms with E-state index in [4.69, 9.17) is 16.2 Å². The number of pyridine rings is 2. The molecule has 1 aliphatic heterocycles. The van der Waals surface area contributed by atoms with E-state index in [1.165, 1.54) is 0 Å². The van der Waals surface area contributed by atoms with Gasteiger partial charge in [0.15, 0.2) is 11.6 Å². The largest absolute Gasteiger partial charge is 0.381 e. The van der Waals surface area contributed by atoms with Gasteiger partial charge in [-0.3, -0.25) is 14.6 Å². The highest BCUT2D eigenvalue weighted by Crippen LogP contribution is 2.26. The summed E-state index contributed by atoms with van der Waals surface area (Å²) in [5, 5.41) is 6.57. The Morgan fingerprint density at radius 2 is 1.97 bits per heavy atom. The van der Waals surface area contributed by atoms with Gasteiger partial charge in [0.25, 0.3) is 5.91 Å². The maximum Gasteiger partial charge on any atom is 0.252 e. The highest BCUT2D eigenvalue weighted by Gasteiger charge is 2.27. The number of nitrogens with one attached hydrogen (secondary N) is 2. The van der Waals surface area contributed by atoms with Crippen LogP contribution in [0, 0.1) is 11.7 Å². The zero-order chi connectivity index (χ0) is 22.0. The molecule has 3 heterocycles. The van der Waals surface area contributed by atoms with Crippen LogP contribution in [-0.2, 0) is 9.53 Å². The number of hydrogen-bond donors (Lipinski definition) is 4. The van der Waals surface area contributed by atoms with E-state index in [9.17, 15) is 14.0 Å². The fourth-order valence-electron chi connectivity index (χ4n) is 3.31. The minimum atomic E-state index is -0.854. The molecule has 3 aromatic rings. The van der Waals surface area contributed by atoms with Crippen LogP contribution >= 0.6 is 0 Å². The van der Waals surface area contributed by atoms with Crippen molar-refractivity contribution < 1.29 is 18.7 Å². The summed E-state index contributed by atoms with van der Waals surface area (Å²) >= 11 is 0. The summed E-state index contributed by atoms with van der Waals surface area (Å²) in [6.07, 6.45) is 1.94. The van der Waals surface area contributed by atoms with Crippen LogP contribution in [0.3, 0.4) is 0 Å². The van der Waals surface area contributed by atoms with Gasteiger partial charge in [-0.25, -0.2) is 9.37 Å². The van der Waals surface area contributed by atoms with Crippen LogP contribution in [0.25, 0.3) is 10.9 Å². The second-order valence-corrected chi connectivity index (χ2v) is 7.36. The fraction of sp³-hybridized carbons (Fsp3) is 0.238. The summed E-state index contributed by atoms with van der Waals surface area (Å²) in [4.78, 5) is 32.2. The van der Waals surface area contributed by atoms with Crippen molar-refractivity contribution >= 4 is 40.0 Å². The standard InChI is InChI=1S/C21H21FN6O3/c22-15-7-14(18(23)29)20(26-13-6-12-3-1-2-4-16(12)25-8-13)28-21(15)27-17(19(24)30)5-11-9-31-10-11/h1-4,6-8,11,17H,5,9-10H2,(H2,23,29)(H2,24,30)(H2,26,27,28)/t17-/m1/s1. The van der Waals surface area contributed by atoms with Crippen molar-refractivity contribution in [3.05, 3.63) is 54.0 Å². The zero-order valence-electron chi connectivity index (χ0n) is 16.5. The normalized spacial score (nSPS) is 14.6. The molecule has 0 radical (unpaired) electrons. The number of fused-ring (bicyclic) bond motifs is 1. The average Bonchev–Trinajstić information content (AvgIpc) is 2.71. The van der Waals surface area contributed by atoms with E-state index in [0.717, 1.165) is 17.0 Å². The number of rotatable bonds is 8. The summed E-state index contributed by atoms with van der Waals surface area (Å²) in [7, 11) is 0. The molecule has 1 atom stereocenters. The molecule has 0 saturated carbocycles. The van der Waals surface area contributed by atoms with Gasteiger partial charge in [-0.15, -0.1) is 0 Å². The number of halogens is 1. The predicted octanol–water partition coefficient (Wildman–Crippen LogP) is 1.91. The summed E-state index contributed by atoms with van der Waals surface area (Å²) < 4.78 is 19.8. The van der Waals surface area contributed by atoms with Gasteiger partial charge in [-0.05, 0) is 24.6 Å². The lowest BCUT2D eigenvalue weighted by atomic mass is 9.98. The van der Waals surface area contributed by atoms with E-state index < -0.39 is 23.7 Å². The molecule has 1 fully saturated rings. The van der Waals surface area contributed by atoms with Crippen LogP contribution in [0.4, 0.5) is 21.7 Å². The Hall–Kier alpha value is -3.79. The SMILES string of the molecule is NC(=O)c1cc(F)c(N[C@H](CC2COC2)C(N)=O)nc1Nc1cnc2ccccc2c1. The lowest BCUT2D eigenvalue weighted by Gasteiger charge is -2.29. The number of para-hydroxylation sites is 1. The molecule has 0 spiro atoms. The molecule has 31 heavy (non-hydrogen) atoms. The van der Waals surface area contributed by atoms with Gasteiger partial charge >= 0.3 is 0 Å². The molecule has 1 aromatic carbocycles. The predicted molar refractivity (Wildman–Crippen MR) is 113 cm³/mol. The van der Waals surface area contributed by atoms with Crippen molar-refractivity contribution in [2.24, 2.45) is 17.4 Å². The molecule has 1 aliphatic rings. The van der Waals surface area contributed by atoms with Gasteiger partial charge in [-0.2, -0.15) is 0 Å². The maximum absolute atomic E-state index is 14.6. The topological polar surface area (TPSA) is 145 Å². The van der Waals surface area contributed by atoms with Gasteiger partial charge in [0.2, 0.25) is 5.91 Å². The molecule has 2 aromatic heterocycles. The second kappa shape index (κ2) is 8.52. The van der Waals surface area contributed by atoms with Gasteiger partial charge in [0.1, 0.15) is 11.9 Å². The first-order valence-electron chi connectivity index (χ1n) is 9.66. The zero-order valence-corrected chi connectivity index (χ0v) is 16.5. The van der Waals surface area contributed by atoms with Crippen molar-refractivity contribution in [1.29, 1.82) is 0 Å². The number of aromatic nitrogens is 2. The summed E-state index contributed by atoms with van der Waals surface area (Å²) in [5.41, 5.74) is 12.1. The summed E-state index contributed by atoms with van der Waals surface area (Å²) in [5.74, 6) is -2.35. The minimum Gasteiger partial charge on any atom is -0.381 e. The molecule has 2 amide bonds. The molecular weight excluding hydrogens is 403 g/mol. The smallest absolute Gasteiger partial charge is 0.252 e. The summed E-state index contributed by atoms with van der Waals surface area (Å²) in [6, 6.07) is 9.44. The maximum atomic E-state index is 14.6. The van der Waals surface area contributed by atoms with Crippen LogP contribution in [0.1, 0.15) is 16.8 Å². The van der Waals surface area contributed by atoms with Gasteiger partial charge in [-0.1, -0.05) is 18.2 Å². The van der Waals surface area contributed by atoms with Crippen LogP contribution in [0.2, 0.25) is 0 Å². The first-order chi connectivity index (χ1) is 14.9. The lowest BCUT2D eigenvalue weighted by Crippen LogP contribution is -2.41. The van der Waals surface area contributed by atoms with E-state index in [1.54, 1.807) is 6.20 Å². The molecule has 0 unspecified atom stereocenters. The second-order valence-electron chi connectivity index (χ2n) is 7.36. The number of carbonyl (C=O) groups excluding carboxylic acids is 2. The number of anilines is 3. The van der Waals surface area contributed by atoms with Crippen molar-refractivity contribution in [3.63, 3.8) is 0 Å². The molecule has 4 rings (SSSR count). The number of amides is 2. The van der Waals surface area contributed by atoms with Crippen molar-refractivity contribution in [2.45, 2.75) is 12.5 Å². The van der Waals surface area contributed by atoms with Crippen molar-refractivity contribution in [3.8, 4) is 0 Å². The number of benzene rings is 1. The highest BCUT2D eigenvalue weighted by atomic mass is 19.1. The highest BCUT2D eigenvalue weighted by molar-refractivity contribution is 5.99. The molecule has 0 bridgehead atoms. The first-order valence-corrected chi connectivity index (χ1v) is 9.66. The number of ether oxygens (including phenoxy) is 1. The van der Waals surface area contributed by atoms with E-state index >= 15 is 0 Å². The number of hydrogen-bond acceptors (Lipinski definition) is 7. The average molecular weight is 424 g/mol. The van der Waals surface area contributed by atoms with Crippen LogP contribution in [-0.4, -0.2) is 41.0 Å². The van der Waals surface area contributed by atoms with Crippen molar-refractivity contribution in [2.75, 3.05) is 23.8 Å². The Labute approximate surface area is 177 Å². The molecule has 6 N–H and O–H groups in total. The minimum absolute atomic E-state index is 0.0312. The first kappa shape index (κ1) is 20.5. The van der Waals surface area contributed by atoms with E-state index in [0.29, 0.717) is 25.3 Å². The monoisotopic (exact) mass is 424 g/mol. The molecular formula is C21H21FN6O3. The quantitative estimate of drug-likeness (QED) is 0.432. The molecule has 0 aliphatic carbocycles. The molecule has 10 heteroatoms. The third kappa shape index (κ3) is 4.53. The number of nitrogens with two attached hydrogens (primary N) is 2. The number of nitrogens with zero attached hydrogens (tertiary/aromatic N) is 2. The van der Waals surface area contributed by atoms with Crippen LogP contribution < -0.4 is 22.1 Å². The van der Waals surface area contributed by atoms with Crippen LogP contribution in [0.15, 0.2) is 42.6 Å². The Morgan fingerprint density at radius 1 is 1.19 bits per heavy atom. The van der Waals surface area contributed by atoms with Gasteiger partial charge in [0, 0.05) is 11.3 Å². The Balaban J connectivity index is 1.65. The Kier molecular flexibility index (Phi) is 5.63. The third-order valence-electron chi connectivity index (χ3n) is 5.03. The number of primary amides is 2. The van der Waals surface area contributed by atoms with E-state index in [1.807, 2.05) is 30.3 Å². The van der Waals surface area contributed by atoms with E-state index in [2.05, 4.69) is 20.6 Å². The number of carbonyl (C=O) groups is 2. The van der Waals surface area contributed by atoms with Gasteiger partial charge in [0.05, 0.1) is 36.2 Å². The Bertz CT molecular complexity index is 1150. The lowest BCUT2D eigenvalue weighted by molar-refractivity contribution is -0.120.